The van der Waals surface area contributed by atoms with Crippen LogP contribution < -0.4 is 10.1 Å². The van der Waals surface area contributed by atoms with Gasteiger partial charge in [-0.1, -0.05) is 25.1 Å². The van der Waals surface area contributed by atoms with Gasteiger partial charge < -0.3 is 14.8 Å². The summed E-state index contributed by atoms with van der Waals surface area (Å²) in [4.78, 5) is 23.2. The molecule has 0 atom stereocenters. The number of para-hydroxylation sites is 1. The van der Waals surface area contributed by atoms with Gasteiger partial charge in [0.05, 0.1) is 5.57 Å². The summed E-state index contributed by atoms with van der Waals surface area (Å²) < 4.78 is 10.4. The Bertz CT molecular complexity index is 536. The zero-order valence-corrected chi connectivity index (χ0v) is 11.3. The molecule has 1 aromatic carbocycles. The number of carbonyl (C=O) groups is 2. The van der Waals surface area contributed by atoms with E-state index in [1.807, 2.05) is 31.2 Å². The summed E-state index contributed by atoms with van der Waals surface area (Å²) in [6.45, 7) is 2.42. The van der Waals surface area contributed by atoms with Crippen LogP contribution in [-0.4, -0.2) is 31.6 Å². The Morgan fingerprint density at radius 3 is 2.95 bits per heavy atom. The molecule has 1 aliphatic rings. The van der Waals surface area contributed by atoms with Gasteiger partial charge in [0.25, 0.3) is 5.91 Å². The summed E-state index contributed by atoms with van der Waals surface area (Å²) in [6, 6.07) is 7.43. The lowest BCUT2D eigenvalue weighted by atomic mass is 10.1. The normalized spacial score (nSPS) is 12.8. The number of hydrogen-bond acceptors (Lipinski definition) is 4. The number of benzene rings is 1. The third kappa shape index (κ3) is 3.60. The molecular weight excluding hydrogens is 258 g/mol. The summed E-state index contributed by atoms with van der Waals surface area (Å²) in [5.41, 5.74) is 1.24. The molecule has 0 aromatic heterocycles. The second-order valence-corrected chi connectivity index (χ2v) is 4.42. The van der Waals surface area contributed by atoms with E-state index in [4.69, 9.17) is 9.47 Å². The molecule has 0 saturated heterocycles. The largest absolute Gasteiger partial charge is 0.488 e. The molecular formula is C15H17NO4. The lowest BCUT2D eigenvalue weighted by molar-refractivity contribution is -0.145. The topological polar surface area (TPSA) is 64.6 Å². The van der Waals surface area contributed by atoms with Crippen molar-refractivity contribution in [3.05, 3.63) is 35.4 Å². The number of hydrogen-bond donors (Lipinski definition) is 1. The van der Waals surface area contributed by atoms with Gasteiger partial charge in [-0.2, -0.15) is 0 Å². The van der Waals surface area contributed by atoms with Crippen molar-refractivity contribution in [2.45, 2.75) is 13.3 Å². The number of rotatable bonds is 5. The number of amides is 1. The van der Waals surface area contributed by atoms with Crippen LogP contribution in [0.1, 0.15) is 18.9 Å². The number of esters is 1. The van der Waals surface area contributed by atoms with Crippen LogP contribution in [0, 0.1) is 0 Å². The summed E-state index contributed by atoms with van der Waals surface area (Å²) >= 11 is 0. The minimum Gasteiger partial charge on any atom is -0.488 e. The Labute approximate surface area is 117 Å². The summed E-state index contributed by atoms with van der Waals surface area (Å²) in [7, 11) is 0. The molecule has 0 radical (unpaired) electrons. The first kappa shape index (κ1) is 14.1. The van der Waals surface area contributed by atoms with Crippen molar-refractivity contribution < 1.29 is 19.1 Å². The summed E-state index contributed by atoms with van der Waals surface area (Å²) in [6.07, 6.45) is 2.57. The molecule has 2 rings (SSSR count). The molecule has 0 aliphatic carbocycles. The van der Waals surface area contributed by atoms with E-state index in [9.17, 15) is 9.59 Å². The van der Waals surface area contributed by atoms with Crippen molar-refractivity contribution in [3.8, 4) is 5.75 Å². The van der Waals surface area contributed by atoms with Gasteiger partial charge in [-0.25, -0.2) is 4.79 Å². The summed E-state index contributed by atoms with van der Waals surface area (Å²) in [5, 5.41) is 2.64. The Hall–Kier alpha value is -2.30. The van der Waals surface area contributed by atoms with Crippen molar-refractivity contribution in [2.75, 3.05) is 19.8 Å². The van der Waals surface area contributed by atoms with E-state index >= 15 is 0 Å². The first-order chi connectivity index (χ1) is 9.70. The molecule has 1 aliphatic heterocycles. The predicted molar refractivity (Wildman–Crippen MR) is 74.2 cm³/mol. The first-order valence-corrected chi connectivity index (χ1v) is 6.57. The maximum Gasteiger partial charge on any atom is 0.338 e. The van der Waals surface area contributed by atoms with E-state index in [0.717, 1.165) is 17.7 Å². The minimum atomic E-state index is -0.522. The van der Waals surface area contributed by atoms with Gasteiger partial charge in [0.15, 0.2) is 6.61 Å². The van der Waals surface area contributed by atoms with Crippen LogP contribution in [0.5, 0.6) is 5.75 Å². The van der Waals surface area contributed by atoms with Gasteiger partial charge in [-0.15, -0.1) is 0 Å². The fourth-order valence-electron chi connectivity index (χ4n) is 1.77. The van der Waals surface area contributed by atoms with Gasteiger partial charge in [0.1, 0.15) is 12.4 Å². The van der Waals surface area contributed by atoms with Crippen LogP contribution in [0.25, 0.3) is 6.08 Å². The SMILES string of the molecule is CCCNC(=O)COC(=O)C1=Cc2ccccc2OC1. The van der Waals surface area contributed by atoms with E-state index in [1.54, 1.807) is 6.08 Å². The average molecular weight is 275 g/mol. The molecule has 20 heavy (non-hydrogen) atoms. The fourth-order valence-corrected chi connectivity index (χ4v) is 1.77. The van der Waals surface area contributed by atoms with E-state index in [2.05, 4.69) is 5.32 Å². The van der Waals surface area contributed by atoms with E-state index < -0.39 is 5.97 Å². The Balaban J connectivity index is 1.91. The predicted octanol–water partition coefficient (Wildman–Crippen LogP) is 1.53. The maximum atomic E-state index is 11.8. The lowest BCUT2D eigenvalue weighted by Crippen LogP contribution is -2.30. The standard InChI is InChI=1S/C15H17NO4/c1-2-7-16-14(17)10-20-15(18)12-8-11-5-3-4-6-13(11)19-9-12/h3-6,8H,2,7,9-10H2,1H3,(H,16,17). The van der Waals surface area contributed by atoms with E-state index in [1.165, 1.54) is 0 Å². The molecule has 106 valence electrons. The molecule has 0 fully saturated rings. The maximum absolute atomic E-state index is 11.8. The molecule has 0 unspecified atom stereocenters. The lowest BCUT2D eigenvalue weighted by Gasteiger charge is -2.16. The molecule has 1 amide bonds. The number of carbonyl (C=O) groups excluding carboxylic acids is 2. The summed E-state index contributed by atoms with van der Waals surface area (Å²) in [5.74, 6) is -0.0752. The van der Waals surface area contributed by atoms with Crippen LogP contribution in [0.3, 0.4) is 0 Å². The van der Waals surface area contributed by atoms with Gasteiger partial charge >= 0.3 is 5.97 Å². The first-order valence-electron chi connectivity index (χ1n) is 6.57. The zero-order valence-electron chi connectivity index (χ0n) is 11.3. The van der Waals surface area contributed by atoms with Crippen LogP contribution in [0.4, 0.5) is 0 Å². The molecule has 5 nitrogen and oxygen atoms in total. The molecule has 0 bridgehead atoms. The molecule has 0 spiro atoms. The second-order valence-electron chi connectivity index (χ2n) is 4.42. The molecule has 1 N–H and O–H groups in total. The highest BCUT2D eigenvalue weighted by molar-refractivity contribution is 5.96. The Morgan fingerprint density at radius 1 is 1.35 bits per heavy atom. The molecule has 1 aromatic rings. The number of fused-ring (bicyclic) bond motifs is 1. The van der Waals surface area contributed by atoms with Gasteiger partial charge in [-0.05, 0) is 18.6 Å². The van der Waals surface area contributed by atoms with Crippen molar-refractivity contribution in [1.29, 1.82) is 0 Å². The quantitative estimate of drug-likeness (QED) is 0.828. The highest BCUT2D eigenvalue weighted by Gasteiger charge is 2.18. The van der Waals surface area contributed by atoms with Gasteiger partial charge in [0, 0.05) is 12.1 Å². The van der Waals surface area contributed by atoms with Gasteiger partial charge in [0.2, 0.25) is 0 Å². The second kappa shape index (κ2) is 6.75. The van der Waals surface area contributed by atoms with Crippen LogP contribution >= 0.6 is 0 Å². The molecule has 5 heteroatoms. The molecule has 0 saturated carbocycles. The van der Waals surface area contributed by atoms with Crippen molar-refractivity contribution in [3.63, 3.8) is 0 Å². The third-order valence-electron chi connectivity index (χ3n) is 2.80. The highest BCUT2D eigenvalue weighted by Crippen LogP contribution is 2.25. The Kier molecular flexibility index (Phi) is 4.76. The Morgan fingerprint density at radius 2 is 2.15 bits per heavy atom. The van der Waals surface area contributed by atoms with Crippen molar-refractivity contribution >= 4 is 18.0 Å². The number of nitrogens with one attached hydrogen (secondary N) is 1. The minimum absolute atomic E-state index is 0.159. The van der Waals surface area contributed by atoms with Gasteiger partial charge in [-0.3, -0.25) is 4.79 Å². The van der Waals surface area contributed by atoms with E-state index in [0.29, 0.717) is 12.1 Å². The van der Waals surface area contributed by atoms with Crippen molar-refractivity contribution in [2.24, 2.45) is 0 Å². The third-order valence-corrected chi connectivity index (χ3v) is 2.80. The monoisotopic (exact) mass is 275 g/mol. The van der Waals surface area contributed by atoms with Crippen molar-refractivity contribution in [1.82, 2.24) is 5.32 Å². The van der Waals surface area contributed by atoms with E-state index in [-0.39, 0.29) is 19.1 Å². The zero-order chi connectivity index (χ0) is 14.4. The van der Waals surface area contributed by atoms with Crippen LogP contribution in [0.2, 0.25) is 0 Å². The number of ether oxygens (including phenoxy) is 2. The van der Waals surface area contributed by atoms with Crippen LogP contribution in [-0.2, 0) is 14.3 Å². The fraction of sp³-hybridized carbons (Fsp3) is 0.333. The highest BCUT2D eigenvalue weighted by atomic mass is 16.5. The molecule has 1 heterocycles. The average Bonchev–Trinajstić information content (AvgIpc) is 2.50. The smallest absolute Gasteiger partial charge is 0.338 e. The van der Waals surface area contributed by atoms with Crippen LogP contribution in [0.15, 0.2) is 29.8 Å².